The number of pyridine rings is 1. The molecule has 0 atom stereocenters. The van der Waals surface area contributed by atoms with Crippen molar-refractivity contribution in [2.75, 3.05) is 13.2 Å². The van der Waals surface area contributed by atoms with Gasteiger partial charge in [0.25, 0.3) is 11.8 Å². The van der Waals surface area contributed by atoms with Crippen LogP contribution < -0.4 is 4.74 Å². The van der Waals surface area contributed by atoms with Gasteiger partial charge in [0.2, 0.25) is 5.75 Å². The average Bonchev–Trinajstić information content (AvgIpc) is 2.91. The van der Waals surface area contributed by atoms with Gasteiger partial charge in [-0.3, -0.25) is 9.78 Å². The third-order valence-corrected chi connectivity index (χ3v) is 11.4. The first-order valence-corrected chi connectivity index (χ1v) is 17.6. The van der Waals surface area contributed by atoms with Gasteiger partial charge in [-0.15, -0.1) is 0 Å². The molecule has 2 heterocycles. The van der Waals surface area contributed by atoms with Crippen molar-refractivity contribution in [2.45, 2.75) is 90.9 Å². The monoisotopic (exact) mass is 578 g/mol. The Bertz CT molecular complexity index is 1290. The molecule has 2 N–H and O–H groups in total. The maximum atomic E-state index is 14.0. The van der Waals surface area contributed by atoms with Gasteiger partial charge in [-0.2, -0.15) is 4.98 Å². The number of carbonyl (C=O) groups excluding carboxylic acids is 1. The molecule has 0 unspecified atom stereocenters. The molecule has 41 heavy (non-hydrogen) atoms. The molecule has 8 nitrogen and oxygen atoms in total. The number of benzene rings is 1. The van der Waals surface area contributed by atoms with Crippen molar-refractivity contribution < 1.29 is 19.4 Å². The molecule has 1 aromatic carbocycles. The minimum atomic E-state index is -2.37. The third kappa shape index (κ3) is 8.36. The van der Waals surface area contributed by atoms with E-state index in [0.717, 1.165) is 42.5 Å². The van der Waals surface area contributed by atoms with E-state index >= 15 is 0 Å². The number of nitrogens with zero attached hydrogens (tertiary/aromatic N) is 4. The van der Waals surface area contributed by atoms with Crippen LogP contribution in [0.25, 0.3) is 11.1 Å². The van der Waals surface area contributed by atoms with Crippen LogP contribution in [-0.4, -0.2) is 63.2 Å². The molecule has 0 saturated heterocycles. The third-order valence-electron chi connectivity index (χ3n) is 7.88. The maximum Gasteiger partial charge on any atom is 0.276 e. The van der Waals surface area contributed by atoms with Crippen molar-refractivity contribution in [3.8, 4) is 22.8 Å². The Morgan fingerprint density at radius 1 is 1.07 bits per heavy atom. The Morgan fingerprint density at radius 3 is 2.41 bits per heavy atom. The normalized spacial score (nSPS) is 12.0. The fraction of sp³-hybridized carbons (Fsp3) is 0.500. The van der Waals surface area contributed by atoms with Crippen molar-refractivity contribution in [1.29, 1.82) is 0 Å². The fourth-order valence-electron chi connectivity index (χ4n) is 4.50. The molecular formula is C32H46N4O4Si. The molecule has 222 valence electrons. The van der Waals surface area contributed by atoms with Gasteiger partial charge in [-0.1, -0.05) is 63.6 Å². The number of hydrogen-bond donors (Lipinski definition) is 2. The number of carbonyl (C=O) groups is 1. The van der Waals surface area contributed by atoms with Crippen LogP contribution in [0.4, 0.5) is 0 Å². The molecular weight excluding hydrogens is 532 g/mol. The summed E-state index contributed by atoms with van der Waals surface area (Å²) in [4.78, 5) is 40.1. The molecule has 0 fully saturated rings. The molecule has 0 aliphatic carbocycles. The summed E-state index contributed by atoms with van der Waals surface area (Å²) >= 11 is 0. The molecule has 0 bridgehead atoms. The van der Waals surface area contributed by atoms with Crippen molar-refractivity contribution in [3.63, 3.8) is 0 Å². The second-order valence-electron chi connectivity index (χ2n) is 12.0. The maximum absolute atomic E-state index is 14.0. The van der Waals surface area contributed by atoms with Gasteiger partial charge in [0.05, 0.1) is 18.7 Å². The van der Waals surface area contributed by atoms with Gasteiger partial charge in [0, 0.05) is 24.3 Å². The van der Waals surface area contributed by atoms with Gasteiger partial charge in [0.1, 0.15) is 5.82 Å². The molecule has 9 heteroatoms. The predicted molar refractivity (Wildman–Crippen MR) is 166 cm³/mol. The molecule has 3 aromatic rings. The summed E-state index contributed by atoms with van der Waals surface area (Å²) in [6.07, 6.45) is 5.16. The Kier molecular flexibility index (Phi) is 11.0. The van der Waals surface area contributed by atoms with Gasteiger partial charge < -0.3 is 19.5 Å². The zero-order chi connectivity index (χ0) is 30.2. The van der Waals surface area contributed by atoms with Gasteiger partial charge in [-0.05, 0) is 62.9 Å². The lowest BCUT2D eigenvalue weighted by atomic mass is 10.0. The van der Waals surface area contributed by atoms with Crippen molar-refractivity contribution in [1.82, 2.24) is 19.9 Å². The van der Waals surface area contributed by atoms with Crippen LogP contribution in [0.3, 0.4) is 0 Å². The lowest BCUT2D eigenvalue weighted by Crippen LogP contribution is -2.41. The Morgan fingerprint density at radius 2 is 1.78 bits per heavy atom. The van der Waals surface area contributed by atoms with Crippen LogP contribution in [0.2, 0.25) is 18.1 Å². The molecule has 0 aliphatic rings. The van der Waals surface area contributed by atoms with Gasteiger partial charge in [-0.25, -0.2) is 4.98 Å². The van der Waals surface area contributed by atoms with Crippen LogP contribution in [0.1, 0.15) is 82.3 Å². The van der Waals surface area contributed by atoms with E-state index in [0.29, 0.717) is 19.0 Å². The zero-order valence-corrected chi connectivity index (χ0v) is 26.6. The number of ether oxygens (including phenoxy) is 1. The number of aromatic nitrogens is 3. The summed E-state index contributed by atoms with van der Waals surface area (Å²) in [7, 11) is -2.37. The first-order valence-electron chi connectivity index (χ1n) is 14.6. The van der Waals surface area contributed by atoms with E-state index in [9.17, 15) is 14.7 Å². The number of unbranched alkanes of at least 4 members (excludes halogenated alkanes) is 1. The van der Waals surface area contributed by atoms with Crippen molar-refractivity contribution in [2.24, 2.45) is 0 Å². The Labute approximate surface area is 246 Å². The smallest absolute Gasteiger partial charge is 0.276 e. The standard InChI is InChI=1S/C32H46N4O4Si/c1-8-9-21-40-29-28(31(38)36(23(2)3)20-14-18-32(4,5)41(6,7)39)34-27(35-30(29)37)22-26-25(17-13-19-33-26)24-15-11-10-12-16-24/h10-13,15-17,19,23,39H,8-9,14,18,20-22H2,1-7H3,(H,34,35,37). The molecule has 0 aliphatic heterocycles. The summed E-state index contributed by atoms with van der Waals surface area (Å²) in [5, 5.41) is 10.8. The summed E-state index contributed by atoms with van der Waals surface area (Å²) in [5.41, 5.74) is 2.76. The minimum absolute atomic E-state index is 0.0198. The summed E-state index contributed by atoms with van der Waals surface area (Å²) < 4.78 is 5.90. The SMILES string of the molecule is CCCCOc1c(O)nc(Cc2ncccc2-c2ccccc2)nc1C(=O)N(CCCC(C)(C)[Si](C)(C)O)C(C)C. The minimum Gasteiger partial charge on any atom is -0.491 e. The zero-order valence-electron chi connectivity index (χ0n) is 25.6. The molecule has 0 radical (unpaired) electrons. The van der Waals surface area contributed by atoms with E-state index in [-0.39, 0.29) is 40.7 Å². The number of rotatable bonds is 14. The Balaban J connectivity index is 1.96. The van der Waals surface area contributed by atoms with Crippen LogP contribution in [0.5, 0.6) is 11.6 Å². The largest absolute Gasteiger partial charge is 0.491 e. The van der Waals surface area contributed by atoms with Gasteiger partial charge >= 0.3 is 0 Å². The quantitative estimate of drug-likeness (QED) is 0.163. The predicted octanol–water partition coefficient (Wildman–Crippen LogP) is 6.62. The van der Waals surface area contributed by atoms with E-state index in [1.165, 1.54) is 0 Å². The second-order valence-corrected chi connectivity index (χ2v) is 16.5. The van der Waals surface area contributed by atoms with E-state index in [1.807, 2.05) is 76.3 Å². The first kappa shape index (κ1) is 32.2. The van der Waals surface area contributed by atoms with Crippen LogP contribution in [-0.2, 0) is 6.42 Å². The van der Waals surface area contributed by atoms with Gasteiger partial charge in [0.15, 0.2) is 14.0 Å². The van der Waals surface area contributed by atoms with Crippen LogP contribution in [0.15, 0.2) is 48.7 Å². The highest BCUT2D eigenvalue weighted by atomic mass is 28.4. The molecule has 0 saturated carbocycles. The van der Waals surface area contributed by atoms with E-state index in [1.54, 1.807) is 11.1 Å². The first-order chi connectivity index (χ1) is 19.4. The summed E-state index contributed by atoms with van der Waals surface area (Å²) in [5.74, 6) is -0.341. The van der Waals surface area contributed by atoms with E-state index < -0.39 is 8.32 Å². The number of amides is 1. The van der Waals surface area contributed by atoms with E-state index in [4.69, 9.17) is 4.74 Å². The molecule has 0 spiro atoms. The highest BCUT2D eigenvalue weighted by Crippen LogP contribution is 2.40. The van der Waals surface area contributed by atoms with Crippen molar-refractivity contribution in [3.05, 3.63) is 65.9 Å². The number of aromatic hydroxyl groups is 1. The molecule has 3 rings (SSSR count). The topological polar surface area (TPSA) is 109 Å². The van der Waals surface area contributed by atoms with Crippen LogP contribution >= 0.6 is 0 Å². The highest BCUT2D eigenvalue weighted by molar-refractivity contribution is 6.72. The average molecular weight is 579 g/mol. The fourth-order valence-corrected chi connectivity index (χ4v) is 5.28. The van der Waals surface area contributed by atoms with E-state index in [2.05, 4.69) is 28.8 Å². The lowest BCUT2D eigenvalue weighted by molar-refractivity contribution is 0.0687. The summed E-state index contributed by atoms with van der Waals surface area (Å²) in [6, 6.07) is 13.7. The summed E-state index contributed by atoms with van der Waals surface area (Å²) in [6.45, 7) is 14.9. The lowest BCUT2D eigenvalue weighted by Gasteiger charge is -2.36. The molecule has 1 amide bonds. The molecule has 2 aromatic heterocycles. The van der Waals surface area contributed by atoms with Crippen molar-refractivity contribution >= 4 is 14.2 Å². The van der Waals surface area contributed by atoms with Crippen LogP contribution in [0, 0.1) is 0 Å². The highest BCUT2D eigenvalue weighted by Gasteiger charge is 2.37. The Hall–Kier alpha value is -3.30. The number of hydrogen-bond acceptors (Lipinski definition) is 7. The second kappa shape index (κ2) is 14.0.